The molecule has 1 aromatic rings. The third kappa shape index (κ3) is 9.29. The summed E-state index contributed by atoms with van der Waals surface area (Å²) in [7, 11) is 1.52. The van der Waals surface area contributed by atoms with Gasteiger partial charge in [-0.2, -0.15) is 0 Å². The molecule has 1 saturated heterocycles. The van der Waals surface area contributed by atoms with E-state index in [2.05, 4.69) is 28.8 Å². The van der Waals surface area contributed by atoms with Crippen LogP contribution in [0.3, 0.4) is 0 Å². The minimum Gasteiger partial charge on any atom is -0.492 e. The van der Waals surface area contributed by atoms with Crippen LogP contribution in [0.25, 0.3) is 0 Å². The van der Waals surface area contributed by atoms with Crippen molar-refractivity contribution in [3.8, 4) is 11.5 Å². The van der Waals surface area contributed by atoms with Gasteiger partial charge < -0.3 is 43.8 Å². The Hall–Kier alpha value is -3.20. The second kappa shape index (κ2) is 19.8. The predicted molar refractivity (Wildman–Crippen MR) is 196 cm³/mol. The van der Waals surface area contributed by atoms with E-state index >= 15 is 0 Å². The van der Waals surface area contributed by atoms with Crippen molar-refractivity contribution >= 4 is 11.8 Å². The Balaban J connectivity index is 1.70. The molecule has 2 aliphatic heterocycles. The number of benzene rings is 1. The minimum atomic E-state index is -1.39. The molecule has 6 atom stereocenters. The molecule has 0 aromatic heterocycles. The standard InChI is InChI=1S/C39H59N3O10/c1-4-21-51-39-35(42(38(46)49-5-2)17-22-48-24-20-45)27-33(40-47-3)31-25-28(10-6-8-18-43)30(11-7-9-19-44)36(37(31)39)32-26-29(12-13-34(32)52-39)50-23-16-41-14-15-41/h4,12-13,25-26,28,30,35-37,43-45H,1,5-11,14-24,27H2,2-3H3. The lowest BCUT2D eigenvalue weighted by atomic mass is 9.55. The number of aliphatic hydroxyl groups is 3. The lowest BCUT2D eigenvalue weighted by Gasteiger charge is -2.59. The fourth-order valence-electron chi connectivity index (χ4n) is 8.35. The summed E-state index contributed by atoms with van der Waals surface area (Å²) < 4.78 is 31.7. The van der Waals surface area contributed by atoms with E-state index < -0.39 is 23.8 Å². The zero-order valence-corrected chi connectivity index (χ0v) is 31.0. The van der Waals surface area contributed by atoms with Crippen molar-refractivity contribution in [1.82, 2.24) is 9.80 Å². The largest absolute Gasteiger partial charge is 0.492 e. The molecule has 2 aliphatic carbocycles. The number of oxime groups is 1. The summed E-state index contributed by atoms with van der Waals surface area (Å²) in [5, 5.41) is 33.5. The van der Waals surface area contributed by atoms with Crippen molar-refractivity contribution in [3.05, 3.63) is 48.1 Å². The van der Waals surface area contributed by atoms with Crippen molar-refractivity contribution in [2.45, 2.75) is 69.6 Å². The molecule has 1 saturated carbocycles. The quantitative estimate of drug-likeness (QED) is 0.0646. The molecule has 1 amide bonds. The van der Waals surface area contributed by atoms with E-state index in [1.807, 2.05) is 12.1 Å². The summed E-state index contributed by atoms with van der Waals surface area (Å²) in [5.41, 5.74) is 2.66. The summed E-state index contributed by atoms with van der Waals surface area (Å²) in [6, 6.07) is 5.27. The van der Waals surface area contributed by atoms with Gasteiger partial charge in [-0.25, -0.2) is 4.79 Å². The molecule has 0 spiro atoms. The highest BCUT2D eigenvalue weighted by molar-refractivity contribution is 6.02. The minimum absolute atomic E-state index is 0.104. The summed E-state index contributed by atoms with van der Waals surface area (Å²) >= 11 is 0. The van der Waals surface area contributed by atoms with Gasteiger partial charge in [-0.05, 0) is 68.2 Å². The second-order valence-corrected chi connectivity index (χ2v) is 13.9. The van der Waals surface area contributed by atoms with Crippen LogP contribution in [0.4, 0.5) is 4.79 Å². The number of hydrogen-bond acceptors (Lipinski definition) is 12. The van der Waals surface area contributed by atoms with Crippen LogP contribution in [0.1, 0.15) is 63.4 Å². The van der Waals surface area contributed by atoms with Gasteiger partial charge in [-0.15, -0.1) is 6.58 Å². The van der Waals surface area contributed by atoms with Crippen molar-refractivity contribution < 1.29 is 48.6 Å². The number of ether oxygens (including phenoxy) is 5. The number of nitrogens with zero attached hydrogens (tertiary/aromatic N) is 3. The van der Waals surface area contributed by atoms with Gasteiger partial charge in [0.05, 0.1) is 44.7 Å². The molecule has 5 rings (SSSR count). The predicted octanol–water partition coefficient (Wildman–Crippen LogP) is 4.11. The van der Waals surface area contributed by atoms with Crippen LogP contribution in [-0.4, -0.2) is 135 Å². The maximum absolute atomic E-state index is 13.9. The average Bonchev–Trinajstić information content (AvgIpc) is 3.98. The molecule has 13 nitrogen and oxygen atoms in total. The number of allylic oxidation sites excluding steroid dienone is 1. The Morgan fingerprint density at radius 3 is 2.58 bits per heavy atom. The van der Waals surface area contributed by atoms with Crippen molar-refractivity contribution in [2.75, 3.05) is 86.1 Å². The molecule has 13 heteroatoms. The van der Waals surface area contributed by atoms with Crippen molar-refractivity contribution in [2.24, 2.45) is 22.9 Å². The Morgan fingerprint density at radius 2 is 1.88 bits per heavy atom. The van der Waals surface area contributed by atoms with E-state index in [9.17, 15) is 20.1 Å². The normalized spacial score (nSPS) is 26.8. The zero-order chi connectivity index (χ0) is 36.9. The Labute approximate surface area is 308 Å². The van der Waals surface area contributed by atoms with E-state index in [-0.39, 0.29) is 77.0 Å². The van der Waals surface area contributed by atoms with Crippen LogP contribution in [-0.2, 0) is 19.0 Å². The van der Waals surface area contributed by atoms with Crippen LogP contribution in [0.15, 0.2) is 47.7 Å². The molecule has 3 N–H and O–H groups in total. The molecule has 4 aliphatic rings. The van der Waals surface area contributed by atoms with Gasteiger partial charge in [-0.1, -0.05) is 30.1 Å². The van der Waals surface area contributed by atoms with Gasteiger partial charge in [0.25, 0.3) is 0 Å². The molecule has 2 heterocycles. The monoisotopic (exact) mass is 729 g/mol. The van der Waals surface area contributed by atoms with Crippen LogP contribution in [0.5, 0.6) is 11.5 Å². The Morgan fingerprint density at radius 1 is 1.10 bits per heavy atom. The van der Waals surface area contributed by atoms with Crippen molar-refractivity contribution in [1.29, 1.82) is 0 Å². The molecule has 290 valence electrons. The number of unbranched alkanes of at least 4 members (excludes halogenated alkanes) is 2. The third-order valence-corrected chi connectivity index (χ3v) is 10.7. The number of hydrogen-bond donors (Lipinski definition) is 3. The number of fused-ring (bicyclic) bond motifs is 2. The Bertz CT molecular complexity index is 1370. The van der Waals surface area contributed by atoms with Crippen molar-refractivity contribution in [3.63, 3.8) is 0 Å². The lowest BCUT2D eigenvalue weighted by molar-refractivity contribution is -0.256. The highest BCUT2D eigenvalue weighted by atomic mass is 16.7. The first kappa shape index (κ1) is 40.0. The molecule has 52 heavy (non-hydrogen) atoms. The number of rotatable bonds is 23. The van der Waals surface area contributed by atoms with E-state index in [4.69, 9.17) is 28.5 Å². The fraction of sp³-hybridized carbons (Fsp3) is 0.692. The molecule has 6 unspecified atom stereocenters. The number of carbonyl (C=O) groups excluding carboxylic acids is 1. The first-order valence-corrected chi connectivity index (χ1v) is 19.0. The SMILES string of the molecule is C=CCOC12Oc3ccc(OCCN4CC4)cc3C3C(CCCCO)C(CCCCO)C=C(C(=NOC)CC1N(CCOCCO)C(=O)OCC)C32. The maximum Gasteiger partial charge on any atom is 0.410 e. The third-order valence-electron chi connectivity index (χ3n) is 10.7. The number of carbonyl (C=O) groups is 1. The van der Waals surface area contributed by atoms with Gasteiger partial charge in [0.1, 0.15) is 31.3 Å². The van der Waals surface area contributed by atoms with Crippen LogP contribution in [0.2, 0.25) is 0 Å². The van der Waals surface area contributed by atoms with E-state index in [0.29, 0.717) is 30.9 Å². The van der Waals surface area contributed by atoms with Gasteiger partial charge >= 0.3 is 6.09 Å². The van der Waals surface area contributed by atoms with Crippen LogP contribution >= 0.6 is 0 Å². The van der Waals surface area contributed by atoms with Crippen LogP contribution in [0, 0.1) is 17.8 Å². The van der Waals surface area contributed by atoms with Gasteiger partial charge in [0, 0.05) is 57.3 Å². The average molecular weight is 730 g/mol. The topological polar surface area (TPSA) is 152 Å². The second-order valence-electron chi connectivity index (χ2n) is 13.9. The molecule has 1 aromatic carbocycles. The van der Waals surface area contributed by atoms with Gasteiger partial charge in [0.2, 0.25) is 5.79 Å². The van der Waals surface area contributed by atoms with E-state index in [1.54, 1.807) is 17.9 Å². The van der Waals surface area contributed by atoms with Gasteiger partial charge in [-0.3, -0.25) is 9.80 Å². The molecule has 0 bridgehead atoms. The Kier molecular flexibility index (Phi) is 15.2. The smallest absolute Gasteiger partial charge is 0.410 e. The summed E-state index contributed by atoms with van der Waals surface area (Å²) in [4.78, 5) is 23.3. The van der Waals surface area contributed by atoms with Gasteiger partial charge in [0.15, 0.2) is 0 Å². The highest BCUT2D eigenvalue weighted by Crippen LogP contribution is 2.61. The summed E-state index contributed by atoms with van der Waals surface area (Å²) in [6.45, 7) is 10.2. The van der Waals surface area contributed by atoms with E-state index in [1.165, 1.54) is 7.11 Å². The molecular formula is C39H59N3O10. The fourth-order valence-corrected chi connectivity index (χ4v) is 8.35. The lowest BCUT2D eigenvalue weighted by Crippen LogP contribution is -2.70. The van der Waals surface area contributed by atoms with E-state index in [0.717, 1.165) is 62.2 Å². The number of amides is 1. The molecule has 2 fully saturated rings. The number of aliphatic hydroxyl groups excluding tert-OH is 3. The summed E-state index contributed by atoms with van der Waals surface area (Å²) in [5.74, 6) is -0.315. The molecule has 0 radical (unpaired) electrons. The highest BCUT2D eigenvalue weighted by Gasteiger charge is 2.65. The maximum atomic E-state index is 13.9. The van der Waals surface area contributed by atoms with Crippen LogP contribution < -0.4 is 9.47 Å². The first-order valence-electron chi connectivity index (χ1n) is 19.0. The zero-order valence-electron chi connectivity index (χ0n) is 31.0. The first-order chi connectivity index (χ1) is 25.5. The molecular weight excluding hydrogens is 670 g/mol. The summed E-state index contributed by atoms with van der Waals surface area (Å²) in [6.07, 6.45) is 8.47.